The lowest BCUT2D eigenvalue weighted by Gasteiger charge is -2.27. The van der Waals surface area contributed by atoms with Gasteiger partial charge in [0.1, 0.15) is 0 Å². The first kappa shape index (κ1) is 10.7. The second kappa shape index (κ2) is 4.83. The van der Waals surface area contributed by atoms with Crippen LogP contribution in [0.3, 0.4) is 0 Å². The fourth-order valence-corrected chi connectivity index (χ4v) is 2.90. The summed E-state index contributed by atoms with van der Waals surface area (Å²) >= 11 is 0. The van der Waals surface area contributed by atoms with Gasteiger partial charge in [-0.1, -0.05) is 50.5 Å². The zero-order valence-electron chi connectivity index (χ0n) is 10.00. The number of benzene rings is 1. The average molecular weight is 202 g/mol. The minimum absolute atomic E-state index is 0.940. The van der Waals surface area contributed by atoms with Gasteiger partial charge in [0.05, 0.1) is 0 Å². The van der Waals surface area contributed by atoms with Crippen LogP contribution in [-0.4, -0.2) is 0 Å². The van der Waals surface area contributed by atoms with E-state index in [2.05, 4.69) is 38.1 Å². The predicted octanol–water partition coefficient (Wildman–Crippen LogP) is 4.36. The van der Waals surface area contributed by atoms with Gasteiger partial charge in [0, 0.05) is 0 Å². The van der Waals surface area contributed by atoms with Crippen LogP contribution in [0, 0.1) is 18.8 Å². The molecular formula is C15H22. The van der Waals surface area contributed by atoms with E-state index in [-0.39, 0.29) is 0 Å². The van der Waals surface area contributed by atoms with Crippen molar-refractivity contribution in [3.63, 3.8) is 0 Å². The Morgan fingerprint density at radius 3 is 2.73 bits per heavy atom. The van der Waals surface area contributed by atoms with Gasteiger partial charge in [0.2, 0.25) is 0 Å². The normalized spacial score (nSPS) is 26.5. The maximum absolute atomic E-state index is 2.41. The van der Waals surface area contributed by atoms with Gasteiger partial charge in [-0.05, 0) is 42.7 Å². The van der Waals surface area contributed by atoms with E-state index in [1.165, 1.54) is 37.7 Å². The van der Waals surface area contributed by atoms with E-state index in [1.807, 2.05) is 0 Å². The third-order valence-corrected chi connectivity index (χ3v) is 3.81. The maximum atomic E-state index is 2.41. The number of hydrogen-bond acceptors (Lipinski definition) is 0. The van der Waals surface area contributed by atoms with Crippen LogP contribution in [0.15, 0.2) is 24.3 Å². The smallest absolute Gasteiger partial charge is 0.0248 e. The SMILES string of the molecule is Cc1ccccc1CC1CCCC(C)C1. The van der Waals surface area contributed by atoms with Crippen LogP contribution < -0.4 is 0 Å². The van der Waals surface area contributed by atoms with E-state index >= 15 is 0 Å². The third kappa shape index (κ3) is 2.84. The Hall–Kier alpha value is -0.780. The quantitative estimate of drug-likeness (QED) is 0.668. The Morgan fingerprint density at radius 2 is 2.00 bits per heavy atom. The first-order chi connectivity index (χ1) is 7.25. The van der Waals surface area contributed by atoms with Gasteiger partial charge in [0.15, 0.2) is 0 Å². The van der Waals surface area contributed by atoms with Gasteiger partial charge in [-0.25, -0.2) is 0 Å². The lowest BCUT2D eigenvalue weighted by molar-refractivity contribution is 0.281. The Labute approximate surface area is 93.7 Å². The molecule has 0 heteroatoms. The van der Waals surface area contributed by atoms with Crippen LogP contribution >= 0.6 is 0 Å². The highest BCUT2D eigenvalue weighted by Gasteiger charge is 2.19. The molecule has 1 aromatic rings. The Kier molecular flexibility index (Phi) is 3.45. The van der Waals surface area contributed by atoms with E-state index in [0.717, 1.165) is 11.8 Å². The van der Waals surface area contributed by atoms with Gasteiger partial charge >= 0.3 is 0 Å². The largest absolute Gasteiger partial charge is 0.0625 e. The second-order valence-corrected chi connectivity index (χ2v) is 5.27. The molecule has 1 aromatic carbocycles. The van der Waals surface area contributed by atoms with Crippen molar-refractivity contribution >= 4 is 0 Å². The van der Waals surface area contributed by atoms with Gasteiger partial charge in [-0.3, -0.25) is 0 Å². The summed E-state index contributed by atoms with van der Waals surface area (Å²) in [5.41, 5.74) is 3.03. The number of hydrogen-bond donors (Lipinski definition) is 0. The average Bonchev–Trinajstić information content (AvgIpc) is 2.22. The Balaban J connectivity index is 1.99. The molecule has 2 rings (SSSR count). The summed E-state index contributed by atoms with van der Waals surface area (Å²) < 4.78 is 0. The molecule has 1 aliphatic rings. The first-order valence-electron chi connectivity index (χ1n) is 6.30. The molecule has 0 nitrogen and oxygen atoms in total. The summed E-state index contributed by atoms with van der Waals surface area (Å²) in [6.07, 6.45) is 7.08. The summed E-state index contributed by atoms with van der Waals surface area (Å²) in [7, 11) is 0. The van der Waals surface area contributed by atoms with Crippen molar-refractivity contribution in [2.45, 2.75) is 46.0 Å². The van der Waals surface area contributed by atoms with Crippen molar-refractivity contribution < 1.29 is 0 Å². The topological polar surface area (TPSA) is 0 Å². The lowest BCUT2D eigenvalue weighted by atomic mass is 9.79. The monoisotopic (exact) mass is 202 g/mol. The van der Waals surface area contributed by atoms with Gasteiger partial charge in [-0.15, -0.1) is 0 Å². The molecule has 1 saturated carbocycles. The van der Waals surface area contributed by atoms with Gasteiger partial charge in [-0.2, -0.15) is 0 Å². The molecule has 1 fully saturated rings. The lowest BCUT2D eigenvalue weighted by Crippen LogP contribution is -2.15. The van der Waals surface area contributed by atoms with Crippen molar-refractivity contribution in [3.8, 4) is 0 Å². The zero-order valence-corrected chi connectivity index (χ0v) is 10.00. The van der Waals surface area contributed by atoms with E-state index in [9.17, 15) is 0 Å². The minimum Gasteiger partial charge on any atom is -0.0625 e. The predicted molar refractivity (Wildman–Crippen MR) is 66.0 cm³/mol. The summed E-state index contributed by atoms with van der Waals surface area (Å²) in [5.74, 6) is 1.89. The van der Waals surface area contributed by atoms with Crippen LogP contribution in [0.25, 0.3) is 0 Å². The summed E-state index contributed by atoms with van der Waals surface area (Å²) in [6.45, 7) is 4.64. The molecule has 0 heterocycles. The van der Waals surface area contributed by atoms with E-state index in [0.29, 0.717) is 0 Å². The summed E-state index contributed by atoms with van der Waals surface area (Å²) in [4.78, 5) is 0. The summed E-state index contributed by atoms with van der Waals surface area (Å²) in [5, 5.41) is 0. The van der Waals surface area contributed by atoms with E-state index in [1.54, 1.807) is 5.56 Å². The highest BCUT2D eigenvalue weighted by Crippen LogP contribution is 2.31. The van der Waals surface area contributed by atoms with Crippen LogP contribution in [0.1, 0.15) is 43.7 Å². The van der Waals surface area contributed by atoms with E-state index < -0.39 is 0 Å². The van der Waals surface area contributed by atoms with Crippen LogP contribution in [-0.2, 0) is 6.42 Å². The molecule has 0 spiro atoms. The fraction of sp³-hybridized carbons (Fsp3) is 0.600. The molecule has 0 radical (unpaired) electrons. The Morgan fingerprint density at radius 1 is 1.20 bits per heavy atom. The molecule has 2 unspecified atom stereocenters. The van der Waals surface area contributed by atoms with Crippen LogP contribution in [0.4, 0.5) is 0 Å². The third-order valence-electron chi connectivity index (χ3n) is 3.81. The van der Waals surface area contributed by atoms with Crippen molar-refractivity contribution in [2.75, 3.05) is 0 Å². The second-order valence-electron chi connectivity index (χ2n) is 5.27. The van der Waals surface area contributed by atoms with Crippen molar-refractivity contribution in [3.05, 3.63) is 35.4 Å². The minimum atomic E-state index is 0.940. The van der Waals surface area contributed by atoms with Crippen LogP contribution in [0.5, 0.6) is 0 Å². The molecule has 1 aliphatic carbocycles. The van der Waals surface area contributed by atoms with E-state index in [4.69, 9.17) is 0 Å². The molecule has 15 heavy (non-hydrogen) atoms. The maximum Gasteiger partial charge on any atom is -0.0248 e. The molecule has 0 bridgehead atoms. The van der Waals surface area contributed by atoms with Gasteiger partial charge < -0.3 is 0 Å². The fourth-order valence-electron chi connectivity index (χ4n) is 2.90. The molecule has 82 valence electrons. The van der Waals surface area contributed by atoms with Crippen molar-refractivity contribution in [1.82, 2.24) is 0 Å². The Bertz CT molecular complexity index is 314. The molecule has 2 atom stereocenters. The molecule has 0 aliphatic heterocycles. The van der Waals surface area contributed by atoms with Gasteiger partial charge in [0.25, 0.3) is 0 Å². The first-order valence-corrected chi connectivity index (χ1v) is 6.30. The molecule has 0 saturated heterocycles. The highest BCUT2D eigenvalue weighted by molar-refractivity contribution is 5.25. The van der Waals surface area contributed by atoms with Crippen molar-refractivity contribution in [2.24, 2.45) is 11.8 Å². The molecule has 0 N–H and O–H groups in total. The molecule has 0 amide bonds. The van der Waals surface area contributed by atoms with Crippen LogP contribution in [0.2, 0.25) is 0 Å². The molecule has 0 aromatic heterocycles. The van der Waals surface area contributed by atoms with Crippen molar-refractivity contribution in [1.29, 1.82) is 0 Å². The number of rotatable bonds is 2. The zero-order chi connectivity index (χ0) is 10.7. The standard InChI is InChI=1S/C15H22/c1-12-6-5-8-14(10-12)11-15-9-4-3-7-13(15)2/h3-4,7,9,12,14H,5-6,8,10-11H2,1-2H3. The highest BCUT2D eigenvalue weighted by atomic mass is 14.2. The number of aryl methyl sites for hydroxylation is 1. The molecular weight excluding hydrogens is 180 g/mol. The summed E-state index contributed by atoms with van der Waals surface area (Å²) in [6, 6.07) is 8.85.